The Kier molecular flexibility index (Phi) is 7.10. The van der Waals surface area contributed by atoms with E-state index in [0.717, 1.165) is 0 Å². The van der Waals surface area contributed by atoms with Crippen LogP contribution in [-0.4, -0.2) is 35.3 Å². The average molecular weight is 357 g/mol. The first-order valence-corrected chi connectivity index (χ1v) is 8.11. The van der Waals surface area contributed by atoms with E-state index in [-0.39, 0.29) is 23.9 Å². The topological polar surface area (TPSA) is 49.4 Å². The van der Waals surface area contributed by atoms with Crippen molar-refractivity contribution in [2.24, 2.45) is 0 Å². The van der Waals surface area contributed by atoms with Gasteiger partial charge in [0.15, 0.2) is 0 Å². The zero-order valence-electron chi connectivity index (χ0n) is 13.8. The van der Waals surface area contributed by atoms with Crippen molar-refractivity contribution in [1.82, 2.24) is 10.2 Å². The number of nitrogens with zero attached hydrogens (tertiary/aromatic N) is 1. The molecule has 0 aliphatic heterocycles. The summed E-state index contributed by atoms with van der Waals surface area (Å²) in [5.74, 6) is -0.450. The maximum absolute atomic E-state index is 12.2. The molecular formula is C17H22Cl2N2O2. The Morgan fingerprint density at radius 1 is 1.26 bits per heavy atom. The molecule has 0 saturated carbocycles. The minimum absolute atomic E-state index is 0.0141. The van der Waals surface area contributed by atoms with Crippen molar-refractivity contribution in [2.75, 3.05) is 13.1 Å². The van der Waals surface area contributed by atoms with E-state index >= 15 is 0 Å². The molecule has 0 aliphatic carbocycles. The first-order chi connectivity index (χ1) is 10.6. The van der Waals surface area contributed by atoms with Gasteiger partial charge in [-0.1, -0.05) is 35.3 Å². The number of amides is 2. The molecule has 0 fully saturated rings. The minimum atomic E-state index is -0.330. The third-order valence-corrected chi connectivity index (χ3v) is 3.76. The van der Waals surface area contributed by atoms with Gasteiger partial charge in [-0.05, 0) is 45.4 Å². The number of halogens is 2. The molecule has 0 aliphatic rings. The molecule has 4 nitrogen and oxygen atoms in total. The van der Waals surface area contributed by atoms with Gasteiger partial charge >= 0.3 is 0 Å². The van der Waals surface area contributed by atoms with E-state index in [0.29, 0.717) is 22.2 Å². The lowest BCUT2D eigenvalue weighted by Crippen LogP contribution is -2.47. The number of benzene rings is 1. The molecule has 0 radical (unpaired) electrons. The molecule has 23 heavy (non-hydrogen) atoms. The number of likely N-dealkylation sites (N-methyl/N-ethyl adjacent to an activating group) is 1. The second-order valence-electron chi connectivity index (χ2n) is 6.13. The summed E-state index contributed by atoms with van der Waals surface area (Å²) >= 11 is 12.0. The molecule has 1 aromatic rings. The van der Waals surface area contributed by atoms with Crippen LogP contribution in [0.5, 0.6) is 0 Å². The third kappa shape index (κ3) is 6.63. The molecule has 0 aromatic heterocycles. The van der Waals surface area contributed by atoms with Crippen LogP contribution in [0.15, 0.2) is 24.3 Å². The highest BCUT2D eigenvalue weighted by Gasteiger charge is 2.18. The van der Waals surface area contributed by atoms with Crippen molar-refractivity contribution in [3.63, 3.8) is 0 Å². The van der Waals surface area contributed by atoms with Crippen LogP contribution in [0.25, 0.3) is 6.08 Å². The van der Waals surface area contributed by atoms with Crippen molar-refractivity contribution in [3.05, 3.63) is 39.9 Å². The Labute approximate surface area is 147 Å². The Balaban J connectivity index is 2.75. The van der Waals surface area contributed by atoms with Crippen molar-refractivity contribution in [1.29, 1.82) is 0 Å². The van der Waals surface area contributed by atoms with Crippen LogP contribution in [0.4, 0.5) is 0 Å². The summed E-state index contributed by atoms with van der Waals surface area (Å²) < 4.78 is 0. The lowest BCUT2D eigenvalue weighted by Gasteiger charge is -2.24. The van der Waals surface area contributed by atoms with E-state index in [1.54, 1.807) is 24.3 Å². The van der Waals surface area contributed by atoms with Gasteiger partial charge < -0.3 is 10.2 Å². The van der Waals surface area contributed by atoms with Gasteiger partial charge in [0.1, 0.15) is 0 Å². The van der Waals surface area contributed by atoms with Crippen LogP contribution in [-0.2, 0) is 9.59 Å². The van der Waals surface area contributed by atoms with Gasteiger partial charge in [-0.2, -0.15) is 0 Å². The van der Waals surface area contributed by atoms with Crippen molar-refractivity contribution in [3.8, 4) is 0 Å². The molecule has 1 rings (SSSR count). The first kappa shape index (κ1) is 19.5. The molecule has 126 valence electrons. The van der Waals surface area contributed by atoms with Crippen LogP contribution in [0.3, 0.4) is 0 Å². The second-order valence-corrected chi connectivity index (χ2v) is 6.91. The average Bonchev–Trinajstić information content (AvgIpc) is 2.44. The summed E-state index contributed by atoms with van der Waals surface area (Å²) in [6.45, 7) is 7.95. The molecule has 0 saturated heterocycles. The summed E-state index contributed by atoms with van der Waals surface area (Å²) in [6.07, 6.45) is 2.99. The smallest absolute Gasteiger partial charge is 0.247 e. The highest BCUT2D eigenvalue weighted by Crippen LogP contribution is 2.26. The zero-order chi connectivity index (χ0) is 17.6. The summed E-state index contributed by atoms with van der Waals surface area (Å²) in [5.41, 5.74) is 0.326. The molecule has 1 aromatic carbocycles. The molecule has 0 heterocycles. The van der Waals surface area contributed by atoms with Crippen LogP contribution >= 0.6 is 23.2 Å². The highest BCUT2D eigenvalue weighted by molar-refractivity contribution is 6.42. The van der Waals surface area contributed by atoms with Crippen molar-refractivity contribution < 1.29 is 9.59 Å². The van der Waals surface area contributed by atoms with Gasteiger partial charge in [-0.15, -0.1) is 0 Å². The highest BCUT2D eigenvalue weighted by atomic mass is 35.5. The van der Waals surface area contributed by atoms with E-state index in [9.17, 15) is 9.59 Å². The van der Waals surface area contributed by atoms with E-state index in [2.05, 4.69) is 5.32 Å². The molecular weight excluding hydrogens is 335 g/mol. The van der Waals surface area contributed by atoms with Gasteiger partial charge in [0, 0.05) is 18.2 Å². The van der Waals surface area contributed by atoms with Crippen LogP contribution in [0.2, 0.25) is 10.0 Å². The fourth-order valence-corrected chi connectivity index (χ4v) is 2.26. The number of hydrogen-bond donors (Lipinski definition) is 1. The normalized spacial score (nSPS) is 11.6. The Bertz CT molecular complexity index is 607. The summed E-state index contributed by atoms with van der Waals surface area (Å²) in [7, 11) is 0. The van der Waals surface area contributed by atoms with Gasteiger partial charge in [0.25, 0.3) is 0 Å². The fraction of sp³-hybridized carbons (Fsp3) is 0.412. The van der Waals surface area contributed by atoms with E-state index in [1.165, 1.54) is 11.0 Å². The van der Waals surface area contributed by atoms with Gasteiger partial charge in [-0.25, -0.2) is 0 Å². The Morgan fingerprint density at radius 2 is 1.91 bits per heavy atom. The molecule has 0 bridgehead atoms. The van der Waals surface area contributed by atoms with Gasteiger partial charge in [0.2, 0.25) is 11.8 Å². The fourth-order valence-electron chi connectivity index (χ4n) is 1.89. The Morgan fingerprint density at radius 3 is 2.48 bits per heavy atom. The lowest BCUT2D eigenvalue weighted by molar-refractivity contribution is -0.132. The predicted octanol–water partition coefficient (Wildman–Crippen LogP) is 3.77. The first-order valence-electron chi connectivity index (χ1n) is 7.36. The predicted molar refractivity (Wildman–Crippen MR) is 95.6 cm³/mol. The lowest BCUT2D eigenvalue weighted by atomic mass is 10.1. The maximum atomic E-state index is 12.2. The molecule has 0 atom stereocenters. The summed E-state index contributed by atoms with van der Waals surface area (Å²) in [4.78, 5) is 25.6. The molecule has 0 unspecified atom stereocenters. The minimum Gasteiger partial charge on any atom is -0.350 e. The zero-order valence-corrected chi connectivity index (χ0v) is 15.3. The quantitative estimate of drug-likeness (QED) is 0.816. The molecule has 2 amide bonds. The van der Waals surface area contributed by atoms with Crippen LogP contribution in [0.1, 0.15) is 33.3 Å². The number of rotatable bonds is 5. The van der Waals surface area contributed by atoms with Gasteiger partial charge in [0.05, 0.1) is 16.6 Å². The van der Waals surface area contributed by atoms with E-state index in [4.69, 9.17) is 23.2 Å². The standard InChI is InChI=1S/C17H22Cl2N2O2/c1-5-21(11-14(22)20-17(2,3)4)15(23)10-9-12-7-6-8-13(18)16(12)19/h6-10H,5,11H2,1-4H3,(H,20,22). The monoisotopic (exact) mass is 356 g/mol. The molecule has 6 heteroatoms. The second kappa shape index (κ2) is 8.37. The van der Waals surface area contributed by atoms with Crippen LogP contribution < -0.4 is 5.32 Å². The summed E-state index contributed by atoms with van der Waals surface area (Å²) in [5, 5.41) is 3.66. The van der Waals surface area contributed by atoms with Gasteiger partial charge in [-0.3, -0.25) is 9.59 Å². The number of carbonyl (C=O) groups is 2. The summed E-state index contributed by atoms with van der Waals surface area (Å²) in [6, 6.07) is 5.20. The number of nitrogens with one attached hydrogen (secondary N) is 1. The number of hydrogen-bond acceptors (Lipinski definition) is 2. The van der Waals surface area contributed by atoms with E-state index in [1.807, 2.05) is 27.7 Å². The van der Waals surface area contributed by atoms with E-state index < -0.39 is 0 Å². The number of carbonyl (C=O) groups excluding carboxylic acids is 2. The molecule has 1 N–H and O–H groups in total. The van der Waals surface area contributed by atoms with Crippen molar-refractivity contribution >= 4 is 41.1 Å². The molecule has 0 spiro atoms. The maximum Gasteiger partial charge on any atom is 0.247 e. The van der Waals surface area contributed by atoms with Crippen molar-refractivity contribution in [2.45, 2.75) is 33.2 Å². The van der Waals surface area contributed by atoms with Crippen LogP contribution in [0, 0.1) is 0 Å². The largest absolute Gasteiger partial charge is 0.350 e. The Hall–Kier alpha value is -1.52. The SMILES string of the molecule is CCN(CC(=O)NC(C)(C)C)C(=O)C=Cc1cccc(Cl)c1Cl. The third-order valence-electron chi connectivity index (χ3n) is 2.93.